The Bertz CT molecular complexity index is 968. The predicted octanol–water partition coefficient (Wildman–Crippen LogP) is 3.86. The van der Waals surface area contributed by atoms with Gasteiger partial charge in [-0.1, -0.05) is 25.6 Å². The van der Waals surface area contributed by atoms with E-state index in [1.165, 1.54) is 20.1 Å². The van der Waals surface area contributed by atoms with Crippen molar-refractivity contribution in [2.75, 3.05) is 7.11 Å². The average Bonchev–Trinajstić information content (AvgIpc) is 2.61. The molecule has 2 aromatic carbocycles. The van der Waals surface area contributed by atoms with Gasteiger partial charge >= 0.3 is 5.97 Å². The number of esters is 1. The van der Waals surface area contributed by atoms with Crippen molar-refractivity contribution in [3.8, 4) is 0 Å². The lowest BCUT2D eigenvalue weighted by atomic mass is 9.98. The molecule has 0 aromatic heterocycles. The topological polar surface area (TPSA) is 26.3 Å². The zero-order chi connectivity index (χ0) is 19.4. The van der Waals surface area contributed by atoms with E-state index < -0.39 is 23.4 Å². The van der Waals surface area contributed by atoms with Gasteiger partial charge in [0, 0.05) is 17.7 Å². The SMILES string of the molecule is C=C/C(CC)=c1\ccc(C(=O)OC)c\c1=C(\C)c1c(F)cc(F)cc1F. The van der Waals surface area contributed by atoms with E-state index in [0.29, 0.717) is 29.0 Å². The second kappa shape index (κ2) is 8.04. The van der Waals surface area contributed by atoms with E-state index in [-0.39, 0.29) is 16.7 Å². The molecular weight excluding hydrogens is 341 g/mol. The second-order valence-corrected chi connectivity index (χ2v) is 5.70. The van der Waals surface area contributed by atoms with Gasteiger partial charge in [-0.3, -0.25) is 0 Å². The molecule has 0 amide bonds. The van der Waals surface area contributed by atoms with Crippen molar-refractivity contribution in [3.63, 3.8) is 0 Å². The van der Waals surface area contributed by atoms with Crippen LogP contribution in [0.4, 0.5) is 13.2 Å². The molecule has 5 heteroatoms. The lowest BCUT2D eigenvalue weighted by molar-refractivity contribution is 0.0600. The highest BCUT2D eigenvalue weighted by atomic mass is 19.1. The summed E-state index contributed by atoms with van der Waals surface area (Å²) in [6.45, 7) is 7.21. The molecule has 0 unspecified atom stereocenters. The number of hydrogen-bond donors (Lipinski definition) is 0. The summed E-state index contributed by atoms with van der Waals surface area (Å²) >= 11 is 0. The van der Waals surface area contributed by atoms with Gasteiger partial charge in [0.2, 0.25) is 0 Å². The molecule has 0 radical (unpaired) electrons. The Hall–Kier alpha value is -2.82. The van der Waals surface area contributed by atoms with Gasteiger partial charge in [-0.2, -0.15) is 0 Å². The van der Waals surface area contributed by atoms with Crippen LogP contribution >= 0.6 is 0 Å². The van der Waals surface area contributed by atoms with Crippen LogP contribution in [0.25, 0.3) is 11.1 Å². The molecule has 0 saturated heterocycles. The molecule has 0 atom stereocenters. The van der Waals surface area contributed by atoms with E-state index >= 15 is 0 Å². The maximum Gasteiger partial charge on any atom is 0.337 e. The van der Waals surface area contributed by atoms with Crippen LogP contribution < -0.4 is 10.4 Å². The van der Waals surface area contributed by atoms with E-state index in [4.69, 9.17) is 4.74 Å². The molecule has 0 N–H and O–H groups in total. The van der Waals surface area contributed by atoms with Gasteiger partial charge in [0.1, 0.15) is 17.5 Å². The van der Waals surface area contributed by atoms with Gasteiger partial charge in [-0.05, 0) is 47.1 Å². The monoisotopic (exact) mass is 360 g/mol. The summed E-state index contributed by atoms with van der Waals surface area (Å²) in [5, 5.41) is 1.14. The van der Waals surface area contributed by atoms with Crippen molar-refractivity contribution in [2.45, 2.75) is 20.3 Å². The maximum absolute atomic E-state index is 14.2. The number of halogens is 3. The average molecular weight is 360 g/mol. The Kier molecular flexibility index (Phi) is 6.03. The first-order chi connectivity index (χ1) is 12.3. The number of carbonyl (C=O) groups excluding carboxylic acids is 1. The van der Waals surface area contributed by atoms with Crippen molar-refractivity contribution in [3.05, 3.63) is 82.0 Å². The highest BCUT2D eigenvalue weighted by molar-refractivity contribution is 5.89. The van der Waals surface area contributed by atoms with Gasteiger partial charge in [0.15, 0.2) is 0 Å². The summed E-state index contributed by atoms with van der Waals surface area (Å²) in [6, 6.07) is 6.03. The van der Waals surface area contributed by atoms with Crippen LogP contribution in [0.1, 0.15) is 36.2 Å². The lowest BCUT2D eigenvalue weighted by Crippen LogP contribution is -2.30. The molecule has 136 valence electrons. The highest BCUT2D eigenvalue weighted by Gasteiger charge is 2.15. The van der Waals surface area contributed by atoms with Gasteiger partial charge in [0.05, 0.1) is 12.7 Å². The van der Waals surface area contributed by atoms with Crippen molar-refractivity contribution in [1.29, 1.82) is 0 Å². The third-order valence-electron chi connectivity index (χ3n) is 4.20. The zero-order valence-corrected chi connectivity index (χ0v) is 14.8. The molecule has 26 heavy (non-hydrogen) atoms. The molecule has 0 heterocycles. The molecular formula is C21H19F3O2. The van der Waals surface area contributed by atoms with Crippen LogP contribution in [-0.2, 0) is 4.74 Å². The third kappa shape index (κ3) is 3.72. The van der Waals surface area contributed by atoms with Crippen LogP contribution in [0, 0.1) is 17.5 Å². The van der Waals surface area contributed by atoms with Crippen LogP contribution in [0.3, 0.4) is 0 Å². The normalized spacial score (nSPS) is 13.2. The van der Waals surface area contributed by atoms with Crippen LogP contribution in [0.5, 0.6) is 0 Å². The molecule has 0 saturated carbocycles. The summed E-state index contributed by atoms with van der Waals surface area (Å²) in [5.74, 6) is -3.58. The molecule has 0 aliphatic carbocycles. The fourth-order valence-electron chi connectivity index (χ4n) is 2.86. The quantitative estimate of drug-likeness (QED) is 0.774. The van der Waals surface area contributed by atoms with Gasteiger partial charge < -0.3 is 4.74 Å². The predicted molar refractivity (Wildman–Crippen MR) is 95.4 cm³/mol. The number of hydrogen-bond acceptors (Lipinski definition) is 2. The molecule has 0 fully saturated rings. The number of allylic oxidation sites excluding steroid dienone is 1. The summed E-state index contributed by atoms with van der Waals surface area (Å²) in [6.07, 6.45) is 2.29. The van der Waals surface area contributed by atoms with Gasteiger partial charge in [0.25, 0.3) is 0 Å². The summed E-state index contributed by atoms with van der Waals surface area (Å²) in [4.78, 5) is 11.9. The zero-order valence-electron chi connectivity index (χ0n) is 14.8. The Balaban J connectivity index is 3.02. The Morgan fingerprint density at radius 2 is 1.73 bits per heavy atom. The van der Waals surface area contributed by atoms with Crippen LogP contribution in [-0.4, -0.2) is 13.1 Å². The molecule has 2 rings (SSSR count). The van der Waals surface area contributed by atoms with Gasteiger partial charge in [-0.25, -0.2) is 18.0 Å². The fourth-order valence-corrected chi connectivity index (χ4v) is 2.86. The summed E-state index contributed by atoms with van der Waals surface area (Å²) < 4.78 is 46.5. The lowest BCUT2D eigenvalue weighted by Gasteiger charge is -2.09. The third-order valence-corrected chi connectivity index (χ3v) is 4.20. The minimum absolute atomic E-state index is 0.244. The van der Waals surface area contributed by atoms with E-state index in [0.717, 1.165) is 5.57 Å². The molecule has 2 aromatic rings. The van der Waals surface area contributed by atoms with E-state index in [9.17, 15) is 18.0 Å². The summed E-state index contributed by atoms with van der Waals surface area (Å²) in [7, 11) is 1.25. The minimum Gasteiger partial charge on any atom is -0.465 e. The Labute approximate surface area is 149 Å². The standard InChI is InChI=1S/C21H19F3O2/c1-5-13(6-2)16-8-7-14(21(25)26-4)9-17(16)12(3)20-18(23)10-15(22)11-19(20)24/h5,7-11H,1,6H2,2-4H3/b16-13-,17-12+. The number of methoxy groups -OCH3 is 1. The molecule has 0 aliphatic heterocycles. The van der Waals surface area contributed by atoms with Gasteiger partial charge in [-0.15, -0.1) is 0 Å². The Morgan fingerprint density at radius 3 is 2.23 bits per heavy atom. The second-order valence-electron chi connectivity index (χ2n) is 5.70. The molecule has 0 bridgehead atoms. The largest absolute Gasteiger partial charge is 0.465 e. The van der Waals surface area contributed by atoms with Crippen molar-refractivity contribution in [2.24, 2.45) is 0 Å². The van der Waals surface area contributed by atoms with Crippen molar-refractivity contribution >= 4 is 17.1 Å². The number of ether oxygens (including phenoxy) is 1. The number of carbonyl (C=O) groups is 1. The maximum atomic E-state index is 14.2. The first-order valence-corrected chi connectivity index (χ1v) is 8.03. The smallest absolute Gasteiger partial charge is 0.337 e. The van der Waals surface area contributed by atoms with E-state index in [1.807, 2.05) is 6.92 Å². The van der Waals surface area contributed by atoms with Crippen LogP contribution in [0.2, 0.25) is 0 Å². The first kappa shape index (κ1) is 19.5. The highest BCUT2D eigenvalue weighted by Crippen LogP contribution is 2.21. The minimum atomic E-state index is -1.01. The fraction of sp³-hybridized carbons (Fsp3) is 0.190. The molecule has 2 nitrogen and oxygen atoms in total. The molecule has 0 aliphatic rings. The number of benzene rings is 2. The van der Waals surface area contributed by atoms with Crippen molar-refractivity contribution < 1.29 is 22.7 Å². The van der Waals surface area contributed by atoms with Crippen LogP contribution in [0.15, 0.2) is 43.0 Å². The first-order valence-electron chi connectivity index (χ1n) is 8.03. The summed E-state index contributed by atoms with van der Waals surface area (Å²) in [5.41, 5.74) is 0.995. The Morgan fingerprint density at radius 1 is 1.12 bits per heavy atom. The molecule has 0 spiro atoms. The number of rotatable bonds is 4. The van der Waals surface area contributed by atoms with E-state index in [2.05, 4.69) is 6.58 Å². The van der Waals surface area contributed by atoms with Crippen molar-refractivity contribution in [1.82, 2.24) is 0 Å². The van der Waals surface area contributed by atoms with E-state index in [1.54, 1.807) is 18.2 Å².